The number of carbonyl (C=O) groups is 1. The molecule has 4 nitrogen and oxygen atoms in total. The normalized spacial score (nSPS) is 11.7. The SMILES string of the molecule is CC(C)CCCCOC(CCOC(=O)CCCCCBr)OCCCCC(C)C. The molecule has 0 aromatic rings. The smallest absolute Gasteiger partial charge is 0.305 e. The highest BCUT2D eigenvalue weighted by Crippen LogP contribution is 2.11. The van der Waals surface area contributed by atoms with Crippen molar-refractivity contribution >= 4 is 21.9 Å². The number of ether oxygens (including phenoxy) is 3. The van der Waals surface area contributed by atoms with E-state index in [1.54, 1.807) is 0 Å². The first-order chi connectivity index (χ1) is 13.5. The Hall–Kier alpha value is -0.130. The molecule has 0 aliphatic heterocycles. The third-order valence-electron chi connectivity index (χ3n) is 4.59. The maximum atomic E-state index is 11.8. The van der Waals surface area contributed by atoms with E-state index >= 15 is 0 Å². The number of carbonyl (C=O) groups excluding carboxylic acids is 1. The molecule has 0 aromatic heterocycles. The first kappa shape index (κ1) is 27.9. The predicted molar refractivity (Wildman–Crippen MR) is 121 cm³/mol. The van der Waals surface area contributed by atoms with E-state index in [1.807, 2.05) is 0 Å². The zero-order valence-corrected chi connectivity index (χ0v) is 20.4. The minimum Gasteiger partial charge on any atom is -0.465 e. The predicted octanol–water partition coefficient (Wildman–Crippen LogP) is 6.89. The lowest BCUT2D eigenvalue weighted by Gasteiger charge is -2.19. The van der Waals surface area contributed by atoms with Crippen LogP contribution >= 0.6 is 15.9 Å². The molecule has 28 heavy (non-hydrogen) atoms. The van der Waals surface area contributed by atoms with Crippen LogP contribution in [0.5, 0.6) is 0 Å². The van der Waals surface area contributed by atoms with Crippen LogP contribution in [0.4, 0.5) is 0 Å². The fourth-order valence-electron chi connectivity index (χ4n) is 2.84. The molecule has 0 saturated heterocycles. The van der Waals surface area contributed by atoms with Crippen molar-refractivity contribution in [2.24, 2.45) is 11.8 Å². The van der Waals surface area contributed by atoms with Gasteiger partial charge in [0.25, 0.3) is 0 Å². The van der Waals surface area contributed by atoms with Crippen LogP contribution in [-0.2, 0) is 19.0 Å². The van der Waals surface area contributed by atoms with Crippen molar-refractivity contribution in [3.05, 3.63) is 0 Å². The lowest BCUT2D eigenvalue weighted by Crippen LogP contribution is -2.22. The van der Waals surface area contributed by atoms with Crippen molar-refractivity contribution in [2.45, 2.75) is 105 Å². The molecule has 5 heteroatoms. The van der Waals surface area contributed by atoms with Crippen LogP contribution in [0.15, 0.2) is 0 Å². The Morgan fingerprint density at radius 3 is 1.79 bits per heavy atom. The van der Waals surface area contributed by atoms with Crippen molar-refractivity contribution in [1.29, 1.82) is 0 Å². The second-order valence-electron chi connectivity index (χ2n) is 8.46. The molecule has 0 aliphatic rings. The van der Waals surface area contributed by atoms with E-state index < -0.39 is 0 Å². The van der Waals surface area contributed by atoms with Gasteiger partial charge in [-0.1, -0.05) is 75.7 Å². The number of hydrogen-bond acceptors (Lipinski definition) is 4. The zero-order chi connectivity index (χ0) is 21.0. The molecule has 0 heterocycles. The Balaban J connectivity index is 4.01. The molecular weight excluding hydrogens is 420 g/mol. The molecule has 168 valence electrons. The summed E-state index contributed by atoms with van der Waals surface area (Å²) >= 11 is 3.40. The highest BCUT2D eigenvalue weighted by atomic mass is 79.9. The van der Waals surface area contributed by atoms with E-state index in [2.05, 4.69) is 43.6 Å². The van der Waals surface area contributed by atoms with Crippen molar-refractivity contribution in [3.63, 3.8) is 0 Å². The van der Waals surface area contributed by atoms with Gasteiger partial charge in [-0.15, -0.1) is 0 Å². The molecule has 0 amide bonds. The largest absolute Gasteiger partial charge is 0.465 e. The molecule has 0 N–H and O–H groups in total. The number of hydrogen-bond donors (Lipinski definition) is 0. The fourth-order valence-corrected chi connectivity index (χ4v) is 3.23. The van der Waals surface area contributed by atoms with E-state index in [0.717, 1.165) is 49.3 Å². The van der Waals surface area contributed by atoms with Gasteiger partial charge in [0.2, 0.25) is 0 Å². The van der Waals surface area contributed by atoms with Gasteiger partial charge in [-0.05, 0) is 37.5 Å². The lowest BCUT2D eigenvalue weighted by molar-refractivity contribution is -0.161. The van der Waals surface area contributed by atoms with E-state index in [4.69, 9.17) is 14.2 Å². The lowest BCUT2D eigenvalue weighted by atomic mass is 10.1. The summed E-state index contributed by atoms with van der Waals surface area (Å²) in [6, 6.07) is 0. The first-order valence-corrected chi connectivity index (χ1v) is 12.5. The van der Waals surface area contributed by atoms with Crippen molar-refractivity contribution in [2.75, 3.05) is 25.2 Å². The summed E-state index contributed by atoms with van der Waals surface area (Å²) in [7, 11) is 0. The molecule has 0 aromatic carbocycles. The molecule has 0 rings (SSSR count). The Morgan fingerprint density at radius 2 is 1.29 bits per heavy atom. The highest BCUT2D eigenvalue weighted by molar-refractivity contribution is 9.09. The summed E-state index contributed by atoms with van der Waals surface area (Å²) in [5.74, 6) is 1.37. The Bertz CT molecular complexity index is 329. The minimum absolute atomic E-state index is 0.109. The van der Waals surface area contributed by atoms with Crippen molar-refractivity contribution in [1.82, 2.24) is 0 Å². The maximum Gasteiger partial charge on any atom is 0.305 e. The number of esters is 1. The summed E-state index contributed by atoms with van der Waals surface area (Å²) in [5, 5.41) is 0.993. The summed E-state index contributed by atoms with van der Waals surface area (Å²) in [6.45, 7) is 10.8. The molecule has 0 bridgehead atoms. The van der Waals surface area contributed by atoms with Gasteiger partial charge >= 0.3 is 5.97 Å². The van der Waals surface area contributed by atoms with Gasteiger partial charge in [0, 0.05) is 31.4 Å². The van der Waals surface area contributed by atoms with Crippen molar-refractivity contribution in [3.8, 4) is 0 Å². The van der Waals surface area contributed by atoms with Crippen LogP contribution in [0.25, 0.3) is 0 Å². The Morgan fingerprint density at radius 1 is 0.714 bits per heavy atom. The van der Waals surface area contributed by atoms with Crippen LogP contribution in [0.2, 0.25) is 0 Å². The molecule has 0 unspecified atom stereocenters. The van der Waals surface area contributed by atoms with Gasteiger partial charge in [-0.3, -0.25) is 4.79 Å². The summed E-state index contributed by atoms with van der Waals surface area (Å²) in [4.78, 5) is 11.8. The standard InChI is InChI=1S/C23H45BrO4/c1-20(2)12-7-10-17-27-23(28-18-11-8-13-21(3)4)15-19-26-22(25)14-6-5-9-16-24/h20-21,23H,5-19H2,1-4H3. The molecule has 0 saturated carbocycles. The molecule has 0 radical (unpaired) electrons. The first-order valence-electron chi connectivity index (χ1n) is 11.4. The molecular formula is C23H45BrO4. The van der Waals surface area contributed by atoms with Gasteiger partial charge in [-0.25, -0.2) is 0 Å². The number of rotatable bonds is 20. The monoisotopic (exact) mass is 464 g/mol. The van der Waals surface area contributed by atoms with Gasteiger partial charge in [0.15, 0.2) is 6.29 Å². The van der Waals surface area contributed by atoms with Gasteiger partial charge in [0.1, 0.15) is 0 Å². The van der Waals surface area contributed by atoms with Crippen LogP contribution in [0, 0.1) is 11.8 Å². The number of halogens is 1. The van der Waals surface area contributed by atoms with Crippen LogP contribution in [-0.4, -0.2) is 37.4 Å². The van der Waals surface area contributed by atoms with E-state index in [1.165, 1.54) is 25.7 Å². The highest BCUT2D eigenvalue weighted by Gasteiger charge is 2.12. The minimum atomic E-state index is -0.265. The summed E-state index contributed by atoms with van der Waals surface area (Å²) < 4.78 is 17.2. The van der Waals surface area contributed by atoms with Gasteiger partial charge < -0.3 is 14.2 Å². The Labute approximate surface area is 182 Å². The van der Waals surface area contributed by atoms with Gasteiger partial charge in [-0.2, -0.15) is 0 Å². The zero-order valence-electron chi connectivity index (χ0n) is 18.8. The average Bonchev–Trinajstić information content (AvgIpc) is 2.63. The molecule has 0 atom stereocenters. The van der Waals surface area contributed by atoms with E-state index in [0.29, 0.717) is 32.7 Å². The molecule has 0 fully saturated rings. The van der Waals surface area contributed by atoms with Crippen molar-refractivity contribution < 1.29 is 19.0 Å². The van der Waals surface area contributed by atoms with Crippen LogP contribution in [0.3, 0.4) is 0 Å². The third kappa shape index (κ3) is 20.6. The maximum absolute atomic E-state index is 11.8. The quantitative estimate of drug-likeness (QED) is 0.0850. The molecule has 0 spiro atoms. The van der Waals surface area contributed by atoms with Crippen LogP contribution < -0.4 is 0 Å². The topological polar surface area (TPSA) is 44.8 Å². The second-order valence-corrected chi connectivity index (χ2v) is 9.25. The fraction of sp³-hybridized carbons (Fsp3) is 0.957. The second kappa shape index (κ2) is 20.2. The third-order valence-corrected chi connectivity index (χ3v) is 5.15. The van der Waals surface area contributed by atoms with Gasteiger partial charge in [0.05, 0.1) is 6.61 Å². The summed E-state index contributed by atoms with van der Waals surface area (Å²) in [5.41, 5.74) is 0. The summed E-state index contributed by atoms with van der Waals surface area (Å²) in [6.07, 6.45) is 10.8. The number of unbranched alkanes of at least 4 members (excludes halogenated alkanes) is 4. The van der Waals surface area contributed by atoms with E-state index in [-0.39, 0.29) is 12.3 Å². The molecule has 0 aliphatic carbocycles. The van der Waals surface area contributed by atoms with E-state index in [9.17, 15) is 4.79 Å². The number of alkyl halides is 1. The average molecular weight is 466 g/mol. The Kier molecular flexibility index (Phi) is 20.1. The van der Waals surface area contributed by atoms with Crippen LogP contribution in [0.1, 0.15) is 98.3 Å².